The van der Waals surface area contributed by atoms with Crippen molar-refractivity contribution in [3.05, 3.63) is 23.8 Å². The molecule has 114 valence electrons. The first-order valence-corrected chi connectivity index (χ1v) is 7.27. The van der Waals surface area contributed by atoms with E-state index in [1.165, 1.54) is 31.9 Å². The lowest BCUT2D eigenvalue weighted by molar-refractivity contribution is -0.140. The van der Waals surface area contributed by atoms with Gasteiger partial charge in [-0.1, -0.05) is 30.2 Å². The van der Waals surface area contributed by atoms with Crippen LogP contribution in [0.4, 0.5) is 0 Å². The second-order valence-corrected chi connectivity index (χ2v) is 5.00. The smallest absolute Gasteiger partial charge is 0.305 e. The van der Waals surface area contributed by atoms with Crippen molar-refractivity contribution in [2.75, 3.05) is 27.6 Å². The van der Waals surface area contributed by atoms with Crippen LogP contribution in [0.1, 0.15) is 38.5 Å². The fraction of sp³-hybridized carbons (Fsp3) is 0.688. The van der Waals surface area contributed by atoms with E-state index in [9.17, 15) is 4.79 Å². The third kappa shape index (κ3) is 6.87. The molecule has 0 radical (unpaired) electrons. The van der Waals surface area contributed by atoms with Crippen LogP contribution < -0.4 is 0 Å². The Labute approximate surface area is 121 Å². The maximum Gasteiger partial charge on any atom is 0.305 e. The summed E-state index contributed by atoms with van der Waals surface area (Å²) in [5, 5.41) is 0. The number of hydrogen-bond acceptors (Lipinski definition) is 4. The average molecular weight is 282 g/mol. The molecule has 0 bridgehead atoms. The zero-order valence-corrected chi connectivity index (χ0v) is 12.6. The summed E-state index contributed by atoms with van der Waals surface area (Å²) in [4.78, 5) is 11.2. The third-order valence-corrected chi connectivity index (χ3v) is 3.58. The summed E-state index contributed by atoms with van der Waals surface area (Å²) >= 11 is 0. The molecule has 0 heterocycles. The lowest BCUT2D eigenvalue weighted by atomic mass is 9.81. The van der Waals surface area contributed by atoms with Gasteiger partial charge in [0.2, 0.25) is 0 Å². The monoisotopic (exact) mass is 282 g/mol. The number of carbonyl (C=O) groups is 1. The molecule has 0 aromatic rings. The second-order valence-electron chi connectivity index (χ2n) is 5.00. The highest BCUT2D eigenvalue weighted by Gasteiger charge is 2.19. The van der Waals surface area contributed by atoms with Gasteiger partial charge >= 0.3 is 5.97 Å². The Kier molecular flexibility index (Phi) is 9.00. The maximum atomic E-state index is 11.2. The summed E-state index contributed by atoms with van der Waals surface area (Å²) in [7, 11) is 3.06. The van der Waals surface area contributed by atoms with Gasteiger partial charge < -0.3 is 14.2 Å². The first kappa shape index (κ1) is 16.9. The number of methoxy groups -OCH3 is 2. The minimum Gasteiger partial charge on any atom is -0.469 e. The molecular weight excluding hydrogens is 256 g/mol. The topological polar surface area (TPSA) is 44.8 Å². The maximum absolute atomic E-state index is 11.2. The van der Waals surface area contributed by atoms with Crippen LogP contribution in [0, 0.1) is 5.92 Å². The fourth-order valence-electron chi connectivity index (χ4n) is 2.50. The van der Waals surface area contributed by atoms with Gasteiger partial charge in [-0.3, -0.25) is 4.79 Å². The first-order chi connectivity index (χ1) is 9.77. The number of carbonyl (C=O) groups excluding carboxylic acids is 1. The highest BCUT2D eigenvalue weighted by atomic mass is 16.7. The van der Waals surface area contributed by atoms with E-state index in [0.717, 1.165) is 12.8 Å². The Morgan fingerprint density at radius 3 is 2.95 bits per heavy atom. The predicted octanol–water partition coefficient (Wildman–Crippen LogP) is 3.23. The van der Waals surface area contributed by atoms with Crippen molar-refractivity contribution in [3.63, 3.8) is 0 Å². The second kappa shape index (κ2) is 10.6. The Bertz CT molecular complexity index is 333. The number of rotatable bonds is 8. The fourth-order valence-corrected chi connectivity index (χ4v) is 2.50. The molecule has 0 amide bonds. The summed E-state index contributed by atoms with van der Waals surface area (Å²) in [5.41, 5.74) is 1.45. The van der Waals surface area contributed by atoms with Crippen LogP contribution in [-0.2, 0) is 19.0 Å². The molecule has 0 spiro atoms. The van der Waals surface area contributed by atoms with Gasteiger partial charge in [-0.25, -0.2) is 0 Å². The molecule has 1 rings (SSSR count). The van der Waals surface area contributed by atoms with Crippen LogP contribution >= 0.6 is 0 Å². The number of allylic oxidation sites excluding steroid dienone is 3. The zero-order valence-electron chi connectivity index (χ0n) is 12.6. The van der Waals surface area contributed by atoms with Gasteiger partial charge in [0.1, 0.15) is 6.79 Å². The van der Waals surface area contributed by atoms with E-state index < -0.39 is 0 Å². The van der Waals surface area contributed by atoms with Crippen LogP contribution in [0.3, 0.4) is 0 Å². The molecular formula is C16H26O4. The molecule has 0 aromatic heterocycles. The summed E-state index contributed by atoms with van der Waals surface area (Å²) < 4.78 is 14.7. The molecule has 1 unspecified atom stereocenters. The highest BCUT2D eigenvalue weighted by molar-refractivity contribution is 5.69. The molecule has 20 heavy (non-hydrogen) atoms. The summed E-state index contributed by atoms with van der Waals surface area (Å²) in [5.74, 6) is 0.408. The van der Waals surface area contributed by atoms with E-state index in [1.807, 2.05) is 12.2 Å². The van der Waals surface area contributed by atoms with Crippen LogP contribution in [0.15, 0.2) is 23.8 Å². The van der Waals surface area contributed by atoms with E-state index in [2.05, 4.69) is 6.08 Å². The van der Waals surface area contributed by atoms with Gasteiger partial charge in [0.15, 0.2) is 0 Å². The number of hydrogen-bond donors (Lipinski definition) is 0. The van der Waals surface area contributed by atoms with Crippen molar-refractivity contribution >= 4 is 5.97 Å². The van der Waals surface area contributed by atoms with Gasteiger partial charge in [-0.2, -0.15) is 0 Å². The van der Waals surface area contributed by atoms with Crippen molar-refractivity contribution in [2.24, 2.45) is 5.92 Å². The van der Waals surface area contributed by atoms with E-state index >= 15 is 0 Å². The van der Waals surface area contributed by atoms with Crippen molar-refractivity contribution < 1.29 is 19.0 Å². The molecule has 1 saturated carbocycles. The molecule has 4 nitrogen and oxygen atoms in total. The summed E-state index contributed by atoms with van der Waals surface area (Å²) in [6.45, 7) is 0.882. The Morgan fingerprint density at radius 2 is 2.20 bits per heavy atom. The molecule has 1 atom stereocenters. The molecule has 1 fully saturated rings. The van der Waals surface area contributed by atoms with E-state index in [0.29, 0.717) is 25.7 Å². The Balaban J connectivity index is 2.40. The van der Waals surface area contributed by atoms with Gasteiger partial charge in [-0.15, -0.1) is 0 Å². The highest BCUT2D eigenvalue weighted by Crippen LogP contribution is 2.32. The number of esters is 1. The Morgan fingerprint density at radius 1 is 1.35 bits per heavy atom. The van der Waals surface area contributed by atoms with Gasteiger partial charge in [0.25, 0.3) is 0 Å². The average Bonchev–Trinajstić information content (AvgIpc) is 2.49. The van der Waals surface area contributed by atoms with Crippen LogP contribution in [0.2, 0.25) is 0 Å². The van der Waals surface area contributed by atoms with Crippen molar-refractivity contribution in [2.45, 2.75) is 38.5 Å². The molecule has 0 N–H and O–H groups in total. The first-order valence-electron chi connectivity index (χ1n) is 7.27. The lowest BCUT2D eigenvalue weighted by Gasteiger charge is -2.24. The largest absolute Gasteiger partial charge is 0.469 e. The molecule has 0 aliphatic heterocycles. The molecule has 1 aliphatic carbocycles. The summed E-state index contributed by atoms with van der Waals surface area (Å²) in [6, 6.07) is 0. The third-order valence-electron chi connectivity index (χ3n) is 3.58. The van der Waals surface area contributed by atoms with Crippen LogP contribution in [0.25, 0.3) is 0 Å². The SMILES string of the molecule is COCOC/C=C/C=C1\CCCCC1CCC(=O)OC. The van der Waals surface area contributed by atoms with E-state index in [4.69, 9.17) is 14.2 Å². The quantitative estimate of drug-likeness (QED) is 0.389. The Hall–Kier alpha value is -1.13. The summed E-state index contributed by atoms with van der Waals surface area (Å²) in [6.07, 6.45) is 12.4. The number of ether oxygens (including phenoxy) is 3. The molecule has 4 heteroatoms. The van der Waals surface area contributed by atoms with E-state index in [1.54, 1.807) is 7.11 Å². The minimum absolute atomic E-state index is 0.113. The van der Waals surface area contributed by atoms with Gasteiger partial charge in [-0.05, 0) is 31.6 Å². The van der Waals surface area contributed by atoms with Crippen molar-refractivity contribution in [1.29, 1.82) is 0 Å². The predicted molar refractivity (Wildman–Crippen MR) is 78.3 cm³/mol. The van der Waals surface area contributed by atoms with Crippen LogP contribution in [0.5, 0.6) is 0 Å². The van der Waals surface area contributed by atoms with Crippen molar-refractivity contribution in [1.82, 2.24) is 0 Å². The van der Waals surface area contributed by atoms with Gasteiger partial charge in [0, 0.05) is 13.5 Å². The zero-order chi connectivity index (χ0) is 14.6. The molecule has 0 saturated heterocycles. The minimum atomic E-state index is -0.113. The molecule has 1 aliphatic rings. The molecule has 0 aromatic carbocycles. The van der Waals surface area contributed by atoms with Crippen LogP contribution in [-0.4, -0.2) is 33.6 Å². The normalized spacial score (nSPS) is 21.5. The van der Waals surface area contributed by atoms with Gasteiger partial charge in [0.05, 0.1) is 13.7 Å². The van der Waals surface area contributed by atoms with E-state index in [-0.39, 0.29) is 5.97 Å². The standard InChI is InChI=1S/C16H26O4/c1-18-13-20-12-6-5-9-14-7-3-4-8-15(14)10-11-16(17)19-2/h5-6,9,15H,3-4,7-8,10-13H2,1-2H3/b6-5+,14-9+. The lowest BCUT2D eigenvalue weighted by Crippen LogP contribution is -2.12. The van der Waals surface area contributed by atoms with Crippen molar-refractivity contribution in [3.8, 4) is 0 Å².